The molecule has 236 valence electrons. The zero-order valence-electron chi connectivity index (χ0n) is 22.8. The number of halogens is 7. The average molecular weight is 621 g/mol. The topological polar surface area (TPSA) is 105 Å². The Hall–Kier alpha value is -3.43. The quantitative estimate of drug-likeness (QED) is 0.312. The van der Waals surface area contributed by atoms with Gasteiger partial charge in [0.2, 0.25) is 0 Å². The number of carbonyl (C=O) groups is 2. The molecule has 2 aromatic rings. The van der Waals surface area contributed by atoms with E-state index in [1.807, 2.05) is 4.90 Å². The first kappa shape index (κ1) is 32.5. The first-order valence-corrected chi connectivity index (χ1v) is 13.6. The number of benzene rings is 2. The molecule has 2 aromatic carbocycles. The third-order valence-electron chi connectivity index (χ3n) is 7.67. The van der Waals surface area contributed by atoms with E-state index in [1.54, 1.807) is 0 Å². The second kappa shape index (κ2) is 12.7. The number of hydrogen-bond donors (Lipinski definition) is 4. The monoisotopic (exact) mass is 620 g/mol. The van der Waals surface area contributed by atoms with Crippen LogP contribution in [0.5, 0.6) is 0 Å². The molecule has 1 saturated heterocycles. The van der Waals surface area contributed by atoms with Gasteiger partial charge in [-0.25, -0.2) is 9.18 Å². The summed E-state index contributed by atoms with van der Waals surface area (Å²) in [5.74, 6) is -0.975. The van der Waals surface area contributed by atoms with Crippen LogP contribution in [0.3, 0.4) is 0 Å². The third-order valence-corrected chi connectivity index (χ3v) is 7.67. The maximum Gasteiger partial charge on any atom is 0.430 e. The molecular formula is C28H31F7N4O4. The minimum Gasteiger partial charge on any atom is -0.396 e. The molecule has 4 rings (SSSR count). The lowest BCUT2D eigenvalue weighted by Crippen LogP contribution is -2.53. The maximum atomic E-state index is 14.7. The van der Waals surface area contributed by atoms with Crippen molar-refractivity contribution >= 4 is 17.6 Å². The van der Waals surface area contributed by atoms with E-state index >= 15 is 0 Å². The van der Waals surface area contributed by atoms with Crippen LogP contribution in [0.15, 0.2) is 42.5 Å². The van der Waals surface area contributed by atoms with Gasteiger partial charge < -0.3 is 25.7 Å². The van der Waals surface area contributed by atoms with E-state index in [-0.39, 0.29) is 49.5 Å². The van der Waals surface area contributed by atoms with E-state index in [0.717, 1.165) is 31.0 Å². The fourth-order valence-corrected chi connectivity index (χ4v) is 5.03. The third kappa shape index (κ3) is 7.39. The minimum atomic E-state index is -5.97. The van der Waals surface area contributed by atoms with E-state index in [0.29, 0.717) is 37.2 Å². The van der Waals surface area contributed by atoms with Crippen molar-refractivity contribution in [3.63, 3.8) is 0 Å². The van der Waals surface area contributed by atoms with Crippen LogP contribution in [0.4, 0.5) is 41.2 Å². The van der Waals surface area contributed by atoms with Crippen LogP contribution in [0, 0.1) is 11.7 Å². The van der Waals surface area contributed by atoms with Crippen molar-refractivity contribution in [1.29, 1.82) is 0 Å². The summed E-state index contributed by atoms with van der Waals surface area (Å²) in [5.41, 5.74) is -5.99. The normalized spacial score (nSPS) is 17.5. The Balaban J connectivity index is 1.30. The molecule has 1 aliphatic carbocycles. The first-order chi connectivity index (χ1) is 20.1. The van der Waals surface area contributed by atoms with E-state index in [4.69, 9.17) is 5.11 Å². The number of hydrogen-bond acceptors (Lipinski definition) is 5. The van der Waals surface area contributed by atoms with Gasteiger partial charge >= 0.3 is 18.4 Å². The maximum absolute atomic E-state index is 14.7. The van der Waals surface area contributed by atoms with Crippen molar-refractivity contribution in [2.45, 2.75) is 49.8 Å². The van der Waals surface area contributed by atoms with Gasteiger partial charge in [-0.05, 0) is 48.9 Å². The number of aliphatic hydroxyl groups is 2. The van der Waals surface area contributed by atoms with Gasteiger partial charge in [-0.3, -0.25) is 9.69 Å². The number of amides is 3. The highest BCUT2D eigenvalue weighted by atomic mass is 19.4. The predicted molar refractivity (Wildman–Crippen MR) is 140 cm³/mol. The van der Waals surface area contributed by atoms with Crippen LogP contribution in [0.2, 0.25) is 0 Å². The molecule has 2 aliphatic rings. The van der Waals surface area contributed by atoms with Crippen molar-refractivity contribution in [3.8, 4) is 0 Å². The lowest BCUT2D eigenvalue weighted by Gasteiger charge is -2.35. The van der Waals surface area contributed by atoms with E-state index < -0.39 is 41.3 Å². The summed E-state index contributed by atoms with van der Waals surface area (Å²) >= 11 is 0. The molecular weight excluding hydrogens is 589 g/mol. The van der Waals surface area contributed by atoms with Crippen molar-refractivity contribution in [3.05, 3.63) is 65.0 Å². The number of aliphatic hydroxyl groups excluding tert-OH is 1. The molecule has 43 heavy (non-hydrogen) atoms. The van der Waals surface area contributed by atoms with Gasteiger partial charge in [-0.1, -0.05) is 24.3 Å². The van der Waals surface area contributed by atoms with Crippen molar-refractivity contribution in [1.82, 2.24) is 15.1 Å². The lowest BCUT2D eigenvalue weighted by atomic mass is 9.91. The standard InChI is InChI=1S/C28H31F7N4O4/c29-21-15-19(5-8-23(21)37-25(42)36-22(9-14-40)18-3-4-18)24(41)39-12-10-38(11-13-39)16-17-1-6-20(7-2-17)26(43,27(30,31)32)28(33,34)35/h1-2,5-8,15,18,22,40,43H,3-4,9-14,16H2,(H2,36,37,42). The van der Waals surface area contributed by atoms with E-state index in [1.165, 1.54) is 17.0 Å². The summed E-state index contributed by atoms with van der Waals surface area (Å²) < 4.78 is 93.4. The molecule has 1 saturated carbocycles. The summed E-state index contributed by atoms with van der Waals surface area (Å²) in [6, 6.07) is 6.17. The highest BCUT2D eigenvalue weighted by molar-refractivity contribution is 5.95. The van der Waals surface area contributed by atoms with Gasteiger partial charge in [0.15, 0.2) is 0 Å². The van der Waals surface area contributed by atoms with Crippen molar-refractivity contribution < 1.29 is 50.5 Å². The molecule has 0 bridgehead atoms. The van der Waals surface area contributed by atoms with Gasteiger partial charge in [0.1, 0.15) is 5.82 Å². The number of nitrogens with one attached hydrogen (secondary N) is 2. The zero-order valence-corrected chi connectivity index (χ0v) is 22.8. The van der Waals surface area contributed by atoms with Crippen LogP contribution in [-0.4, -0.2) is 83.1 Å². The Labute approximate surface area is 242 Å². The molecule has 2 fully saturated rings. The Bertz CT molecular complexity index is 1280. The number of piperazine rings is 1. The van der Waals surface area contributed by atoms with Gasteiger partial charge in [-0.15, -0.1) is 0 Å². The SMILES string of the molecule is O=C(Nc1ccc(C(=O)N2CCN(Cc3ccc(C(O)(C(F)(F)F)C(F)(F)F)cc3)CC2)cc1F)NC(CCO)C1CC1. The molecule has 1 atom stereocenters. The minimum absolute atomic E-state index is 0.0606. The Morgan fingerprint density at radius 2 is 1.53 bits per heavy atom. The lowest BCUT2D eigenvalue weighted by molar-refractivity contribution is -0.376. The zero-order chi connectivity index (χ0) is 31.6. The molecule has 1 aliphatic heterocycles. The van der Waals surface area contributed by atoms with Crippen LogP contribution < -0.4 is 10.6 Å². The van der Waals surface area contributed by atoms with Gasteiger partial charge in [0.25, 0.3) is 11.5 Å². The van der Waals surface area contributed by atoms with E-state index in [2.05, 4.69) is 10.6 Å². The Kier molecular flexibility index (Phi) is 9.57. The van der Waals surface area contributed by atoms with Crippen LogP contribution >= 0.6 is 0 Å². The number of carbonyl (C=O) groups excluding carboxylic acids is 2. The molecule has 8 nitrogen and oxygen atoms in total. The smallest absolute Gasteiger partial charge is 0.396 e. The molecule has 3 amide bonds. The fraction of sp³-hybridized carbons (Fsp3) is 0.500. The van der Waals surface area contributed by atoms with Gasteiger partial charge in [0.05, 0.1) is 5.69 Å². The molecule has 1 unspecified atom stereocenters. The average Bonchev–Trinajstić information content (AvgIpc) is 3.78. The molecule has 0 radical (unpaired) electrons. The van der Waals surface area contributed by atoms with Gasteiger partial charge in [0, 0.05) is 56.5 Å². The molecule has 0 spiro atoms. The molecule has 15 heteroatoms. The van der Waals surface area contributed by atoms with Crippen LogP contribution in [0.1, 0.15) is 40.7 Å². The Morgan fingerprint density at radius 1 is 0.930 bits per heavy atom. The molecule has 4 N–H and O–H groups in total. The first-order valence-electron chi connectivity index (χ1n) is 13.6. The highest BCUT2D eigenvalue weighted by Gasteiger charge is 2.71. The predicted octanol–water partition coefficient (Wildman–Crippen LogP) is 4.38. The highest BCUT2D eigenvalue weighted by Crippen LogP contribution is 2.50. The second-order valence-corrected chi connectivity index (χ2v) is 10.7. The summed E-state index contributed by atoms with van der Waals surface area (Å²) in [7, 11) is 0. The van der Waals surface area contributed by atoms with Gasteiger partial charge in [-0.2, -0.15) is 26.3 Å². The van der Waals surface area contributed by atoms with Crippen LogP contribution in [-0.2, 0) is 12.1 Å². The summed E-state index contributed by atoms with van der Waals surface area (Å²) in [6.07, 6.45) is -9.66. The van der Waals surface area contributed by atoms with Crippen molar-refractivity contribution in [2.24, 2.45) is 5.92 Å². The summed E-state index contributed by atoms with van der Waals surface area (Å²) in [5, 5.41) is 23.8. The van der Waals surface area contributed by atoms with Crippen LogP contribution in [0.25, 0.3) is 0 Å². The summed E-state index contributed by atoms with van der Waals surface area (Å²) in [4.78, 5) is 28.6. The fourth-order valence-electron chi connectivity index (χ4n) is 5.03. The van der Waals surface area contributed by atoms with Crippen molar-refractivity contribution in [2.75, 3.05) is 38.1 Å². The Morgan fingerprint density at radius 3 is 2.05 bits per heavy atom. The number of urea groups is 1. The number of rotatable bonds is 9. The number of nitrogens with zero attached hydrogens (tertiary/aromatic N) is 2. The molecule has 0 aromatic heterocycles. The largest absolute Gasteiger partial charge is 0.430 e. The summed E-state index contributed by atoms with van der Waals surface area (Å²) in [6.45, 7) is 1.22. The number of anilines is 1. The molecule has 1 heterocycles. The van der Waals surface area contributed by atoms with E-state index in [9.17, 15) is 45.4 Å². The number of alkyl halides is 6. The second-order valence-electron chi connectivity index (χ2n) is 10.7.